The van der Waals surface area contributed by atoms with E-state index in [0.29, 0.717) is 0 Å². The largest absolute Gasteiger partial charge is 0.326 e. The van der Waals surface area contributed by atoms with Crippen LogP contribution in [-0.2, 0) is 12.8 Å². The lowest BCUT2D eigenvalue weighted by atomic mass is 9.79. The molecule has 45 heavy (non-hydrogen) atoms. The lowest BCUT2D eigenvalue weighted by Crippen LogP contribution is -2.11. The Balaban J connectivity index is 1.29. The normalized spacial score (nSPS) is 20.6. The Bertz CT molecular complexity index is 2590. The second kappa shape index (κ2) is 7.63. The average molecular weight is 578 g/mol. The SMILES string of the molecule is C1=CC2=C3c4c5c(n(-c6ccccc6)c4Cc4c3n(c3cnccc43)C2C=N1)CC1=C2C=CN=CC2n2c1c-5c1ccncc12. The van der Waals surface area contributed by atoms with Crippen molar-refractivity contribution in [2.24, 2.45) is 9.98 Å². The minimum Gasteiger partial charge on any atom is -0.326 e. The first-order valence-electron chi connectivity index (χ1n) is 15.5. The van der Waals surface area contributed by atoms with Crippen molar-refractivity contribution in [3.8, 4) is 16.8 Å². The first-order chi connectivity index (χ1) is 22.4. The molecule has 0 bridgehead atoms. The van der Waals surface area contributed by atoms with Gasteiger partial charge in [0.15, 0.2) is 0 Å². The Hall–Kier alpha value is -5.82. The molecule has 210 valence electrons. The average Bonchev–Trinajstić information content (AvgIpc) is 3.87. The summed E-state index contributed by atoms with van der Waals surface area (Å²) in [5, 5.41) is 2.54. The van der Waals surface area contributed by atoms with Crippen LogP contribution >= 0.6 is 0 Å². The predicted octanol–water partition coefficient (Wildman–Crippen LogP) is 7.17. The molecule has 7 nitrogen and oxygen atoms in total. The fraction of sp³-hybridized carbons (Fsp3) is 0.105. The summed E-state index contributed by atoms with van der Waals surface area (Å²) in [7, 11) is 0. The standard InChI is InChI=1S/C38H23N7/c1-2-4-20(5-3-1)43-27-14-25-21-6-10-39-16-29(21)44-31-18-41-12-8-23(31)33(37(25)44)35(27)36-28(43)15-26-22-7-11-40-17-30(22)45-32-19-42-13-9-24(32)34(36)38(26)45/h1-13,16-19,29,32H,14-15H2. The second-order valence-electron chi connectivity index (χ2n) is 12.6. The van der Waals surface area contributed by atoms with Crippen LogP contribution in [0.25, 0.3) is 49.8 Å². The van der Waals surface area contributed by atoms with Crippen LogP contribution < -0.4 is 0 Å². The summed E-state index contributed by atoms with van der Waals surface area (Å²) in [5.74, 6) is 0. The highest BCUT2D eigenvalue weighted by Gasteiger charge is 2.46. The van der Waals surface area contributed by atoms with Crippen molar-refractivity contribution in [1.29, 1.82) is 0 Å². The first-order valence-corrected chi connectivity index (χ1v) is 15.5. The van der Waals surface area contributed by atoms with Crippen molar-refractivity contribution in [2.45, 2.75) is 24.9 Å². The number of hydrogen-bond acceptors (Lipinski definition) is 4. The molecule has 2 aliphatic carbocycles. The summed E-state index contributed by atoms with van der Waals surface area (Å²) in [6, 6.07) is 15.5. The van der Waals surface area contributed by atoms with Crippen molar-refractivity contribution < 1.29 is 0 Å². The first kappa shape index (κ1) is 22.7. The van der Waals surface area contributed by atoms with Gasteiger partial charge in [-0.15, -0.1) is 0 Å². The number of aromatic nitrogens is 5. The molecule has 0 saturated carbocycles. The summed E-state index contributed by atoms with van der Waals surface area (Å²) < 4.78 is 7.57. The van der Waals surface area contributed by atoms with Crippen molar-refractivity contribution in [3.63, 3.8) is 0 Å². The third kappa shape index (κ3) is 2.47. The zero-order valence-corrected chi connectivity index (χ0v) is 24.0. The van der Waals surface area contributed by atoms with Gasteiger partial charge in [-0.25, -0.2) is 0 Å². The van der Waals surface area contributed by atoms with Crippen molar-refractivity contribution >= 4 is 45.4 Å². The molecule has 0 N–H and O–H groups in total. The second-order valence-corrected chi connectivity index (χ2v) is 12.6. The van der Waals surface area contributed by atoms with Gasteiger partial charge in [-0.05, 0) is 58.7 Å². The number of pyridine rings is 2. The van der Waals surface area contributed by atoms with Crippen molar-refractivity contribution in [1.82, 2.24) is 23.7 Å². The molecule has 7 heteroatoms. The van der Waals surface area contributed by atoms with Gasteiger partial charge in [-0.1, -0.05) is 18.2 Å². The van der Waals surface area contributed by atoms with E-state index in [9.17, 15) is 0 Å². The Morgan fingerprint density at radius 2 is 1.33 bits per heavy atom. The summed E-state index contributed by atoms with van der Waals surface area (Å²) in [6.07, 6.45) is 22.2. The van der Waals surface area contributed by atoms with Gasteiger partial charge in [-0.3, -0.25) is 20.0 Å². The zero-order valence-electron chi connectivity index (χ0n) is 24.0. The number of aliphatic imine (C=N–C) groups is 2. The number of rotatable bonds is 1. The van der Waals surface area contributed by atoms with Gasteiger partial charge < -0.3 is 13.7 Å². The monoisotopic (exact) mass is 577 g/mol. The van der Waals surface area contributed by atoms with Gasteiger partial charge in [0.2, 0.25) is 0 Å². The van der Waals surface area contributed by atoms with Crippen molar-refractivity contribution in [3.05, 3.63) is 137 Å². The molecule has 5 aromatic heterocycles. The number of hydrogen-bond donors (Lipinski definition) is 0. The predicted molar refractivity (Wildman–Crippen MR) is 177 cm³/mol. The molecular formula is C38H23N7. The number of allylic oxidation sites excluding steroid dienone is 5. The van der Waals surface area contributed by atoms with Gasteiger partial charge in [-0.2, -0.15) is 0 Å². The minimum absolute atomic E-state index is 0.0494. The molecule has 6 aliphatic rings. The Morgan fingerprint density at radius 3 is 2.16 bits per heavy atom. The van der Waals surface area contributed by atoms with E-state index in [4.69, 9.17) is 0 Å². The van der Waals surface area contributed by atoms with Gasteiger partial charge in [0.1, 0.15) is 0 Å². The number of nitrogens with zero attached hydrogens (tertiary/aromatic N) is 7. The maximum absolute atomic E-state index is 4.64. The quantitative estimate of drug-likeness (QED) is 0.208. The van der Waals surface area contributed by atoms with E-state index in [1.54, 1.807) is 0 Å². The lowest BCUT2D eigenvalue weighted by molar-refractivity contribution is 0.788. The Kier molecular flexibility index (Phi) is 3.84. The van der Waals surface area contributed by atoms with Crippen LogP contribution in [0.3, 0.4) is 0 Å². The van der Waals surface area contributed by atoms with Crippen LogP contribution in [0.15, 0.2) is 113 Å². The molecule has 9 heterocycles. The third-order valence-electron chi connectivity index (χ3n) is 10.8. The zero-order chi connectivity index (χ0) is 29.0. The molecule has 0 amide bonds. The maximum atomic E-state index is 4.64. The minimum atomic E-state index is 0.0494. The molecule has 12 rings (SSSR count). The van der Waals surface area contributed by atoms with E-state index >= 15 is 0 Å². The van der Waals surface area contributed by atoms with E-state index in [-0.39, 0.29) is 12.1 Å². The van der Waals surface area contributed by atoms with Gasteiger partial charge in [0, 0.05) is 100 Å². The fourth-order valence-corrected chi connectivity index (χ4v) is 9.25. The Labute approximate surface area is 257 Å². The molecule has 6 aromatic rings. The fourth-order valence-electron chi connectivity index (χ4n) is 9.25. The van der Waals surface area contributed by atoms with E-state index < -0.39 is 0 Å². The van der Waals surface area contributed by atoms with Gasteiger partial charge >= 0.3 is 0 Å². The molecule has 2 atom stereocenters. The Morgan fingerprint density at radius 1 is 0.644 bits per heavy atom. The van der Waals surface area contributed by atoms with Crippen LogP contribution in [0.5, 0.6) is 0 Å². The topological polar surface area (TPSA) is 65.3 Å². The van der Waals surface area contributed by atoms with Crippen LogP contribution in [-0.4, -0.2) is 36.1 Å². The van der Waals surface area contributed by atoms with E-state index in [1.807, 2.05) is 37.2 Å². The van der Waals surface area contributed by atoms with Gasteiger partial charge in [0.05, 0.1) is 46.9 Å². The van der Waals surface area contributed by atoms with Crippen LogP contribution in [0.4, 0.5) is 0 Å². The molecule has 0 fully saturated rings. The summed E-state index contributed by atoms with van der Waals surface area (Å²) in [4.78, 5) is 18.4. The smallest absolute Gasteiger partial charge is 0.0954 e. The maximum Gasteiger partial charge on any atom is 0.0954 e. The number of benzene rings is 1. The molecule has 0 radical (unpaired) electrons. The molecule has 0 saturated heterocycles. The van der Waals surface area contributed by atoms with Crippen LogP contribution in [0, 0.1) is 0 Å². The lowest BCUT2D eigenvalue weighted by Gasteiger charge is -2.21. The number of para-hydroxylation sites is 1. The molecule has 1 aromatic carbocycles. The van der Waals surface area contributed by atoms with Crippen LogP contribution in [0.2, 0.25) is 0 Å². The van der Waals surface area contributed by atoms with Crippen molar-refractivity contribution in [2.75, 3.05) is 0 Å². The van der Waals surface area contributed by atoms with E-state index in [2.05, 4.69) is 101 Å². The van der Waals surface area contributed by atoms with Crippen LogP contribution in [0.1, 0.15) is 46.0 Å². The highest BCUT2D eigenvalue weighted by Crippen LogP contribution is 2.60. The van der Waals surface area contributed by atoms with Gasteiger partial charge in [0.25, 0.3) is 0 Å². The summed E-state index contributed by atoms with van der Waals surface area (Å²) >= 11 is 0. The van der Waals surface area contributed by atoms with E-state index in [1.165, 1.54) is 94.8 Å². The molecule has 4 aliphatic heterocycles. The summed E-state index contributed by atoms with van der Waals surface area (Å²) in [6.45, 7) is 0. The number of fused-ring (bicyclic) bond motifs is 15. The third-order valence-corrected chi connectivity index (χ3v) is 10.8. The molecular weight excluding hydrogens is 554 g/mol. The molecule has 2 unspecified atom stereocenters. The summed E-state index contributed by atoms with van der Waals surface area (Å²) in [5.41, 5.74) is 19.8. The molecule has 0 spiro atoms. The highest BCUT2D eigenvalue weighted by atomic mass is 15.1. The highest BCUT2D eigenvalue weighted by molar-refractivity contribution is 6.14. The van der Waals surface area contributed by atoms with E-state index in [0.717, 1.165) is 12.8 Å².